The lowest BCUT2D eigenvalue weighted by Gasteiger charge is -2.36. The molecular weight excluding hydrogens is 212 g/mol. The van der Waals surface area contributed by atoms with Crippen LogP contribution in [0.25, 0.3) is 0 Å². The zero-order chi connectivity index (χ0) is 11.6. The third-order valence-electron chi connectivity index (χ3n) is 4.04. The number of benzene rings is 1. The quantitative estimate of drug-likeness (QED) is 0.768. The second-order valence-electron chi connectivity index (χ2n) is 5.35. The van der Waals surface area contributed by atoms with Crippen LogP contribution in [0.1, 0.15) is 44.6 Å². The van der Waals surface area contributed by atoms with Crippen molar-refractivity contribution in [3.63, 3.8) is 0 Å². The molecule has 1 nitrogen and oxygen atoms in total. The lowest BCUT2D eigenvalue weighted by molar-refractivity contribution is -0.0214. The lowest BCUT2D eigenvalue weighted by atomic mass is 9.74. The van der Waals surface area contributed by atoms with E-state index in [4.69, 9.17) is 0 Å². The van der Waals surface area contributed by atoms with Gasteiger partial charge in [-0.05, 0) is 31.2 Å². The lowest BCUT2D eigenvalue weighted by Crippen LogP contribution is -2.33. The molecule has 1 aromatic rings. The van der Waals surface area contributed by atoms with Crippen LogP contribution in [0.2, 0.25) is 0 Å². The topological polar surface area (TPSA) is 20.2 Å². The molecule has 0 radical (unpaired) electrons. The molecule has 1 N–H and O–H groups in total. The molecule has 1 aliphatic carbocycles. The molecule has 2 heteroatoms. The van der Waals surface area contributed by atoms with Gasteiger partial charge >= 0.3 is 0 Å². The first-order valence-electron chi connectivity index (χ1n) is 6.40. The molecule has 1 saturated carbocycles. The van der Waals surface area contributed by atoms with Crippen LogP contribution in [-0.4, -0.2) is 15.3 Å². The molecule has 0 aliphatic heterocycles. The maximum Gasteiger partial charge on any atom is 0.0896 e. The number of rotatable bonds is 2. The highest BCUT2D eigenvalue weighted by Gasteiger charge is 2.34. The van der Waals surface area contributed by atoms with E-state index < -0.39 is 5.60 Å². The largest absolute Gasteiger partial charge is 0.385 e. The molecule has 1 atom stereocenters. The van der Waals surface area contributed by atoms with E-state index in [0.717, 1.165) is 15.8 Å². The summed E-state index contributed by atoms with van der Waals surface area (Å²) in [5.74, 6) is 0.446. The molecule has 0 heterocycles. The van der Waals surface area contributed by atoms with E-state index in [2.05, 4.69) is 24.3 Å². The van der Waals surface area contributed by atoms with Gasteiger partial charge in [0.15, 0.2) is 0 Å². The van der Waals surface area contributed by atoms with E-state index in [1.165, 1.54) is 37.3 Å². The van der Waals surface area contributed by atoms with E-state index in [-0.39, 0.29) is 0 Å². The molecule has 88 valence electrons. The summed E-state index contributed by atoms with van der Waals surface area (Å²) in [6, 6.07) is 8.52. The van der Waals surface area contributed by atoms with Crippen LogP contribution in [0.3, 0.4) is 0 Å². The minimum Gasteiger partial charge on any atom is -0.385 e. The molecular formula is C14H22OSi. The van der Waals surface area contributed by atoms with Gasteiger partial charge in [0.25, 0.3) is 0 Å². The van der Waals surface area contributed by atoms with Crippen LogP contribution in [0.4, 0.5) is 0 Å². The highest BCUT2D eigenvalue weighted by molar-refractivity contribution is 6.32. The summed E-state index contributed by atoms with van der Waals surface area (Å²) in [4.78, 5) is 0. The molecule has 2 rings (SSSR count). The zero-order valence-corrected chi connectivity index (χ0v) is 12.4. The normalized spacial score (nSPS) is 21.9. The van der Waals surface area contributed by atoms with Crippen LogP contribution in [0.15, 0.2) is 24.3 Å². The van der Waals surface area contributed by atoms with Crippen molar-refractivity contribution in [2.75, 3.05) is 0 Å². The van der Waals surface area contributed by atoms with E-state index in [0.29, 0.717) is 5.92 Å². The Balaban J connectivity index is 2.19. The van der Waals surface area contributed by atoms with E-state index in [1.807, 2.05) is 6.92 Å². The van der Waals surface area contributed by atoms with Crippen molar-refractivity contribution in [1.82, 2.24) is 0 Å². The zero-order valence-electron chi connectivity index (χ0n) is 10.4. The van der Waals surface area contributed by atoms with Crippen LogP contribution in [-0.2, 0) is 5.60 Å². The average molecular weight is 234 g/mol. The van der Waals surface area contributed by atoms with Crippen molar-refractivity contribution < 1.29 is 5.11 Å². The van der Waals surface area contributed by atoms with Crippen LogP contribution < -0.4 is 5.19 Å². The molecule has 0 bridgehead atoms. The fraction of sp³-hybridized carbons (Fsp3) is 0.571. The van der Waals surface area contributed by atoms with Gasteiger partial charge < -0.3 is 5.11 Å². The van der Waals surface area contributed by atoms with Crippen LogP contribution in [0, 0.1) is 5.92 Å². The van der Waals surface area contributed by atoms with Gasteiger partial charge in [0, 0.05) is 10.2 Å². The molecule has 16 heavy (non-hydrogen) atoms. The monoisotopic (exact) mass is 234 g/mol. The van der Waals surface area contributed by atoms with Crippen LogP contribution >= 0.6 is 0 Å². The Bertz CT molecular complexity index is 336. The summed E-state index contributed by atoms with van der Waals surface area (Å²) in [6.45, 7) is 1.99. The number of hydrogen-bond acceptors (Lipinski definition) is 1. The molecule has 1 unspecified atom stereocenters. The van der Waals surface area contributed by atoms with Gasteiger partial charge in [0.2, 0.25) is 0 Å². The first kappa shape index (κ1) is 11.9. The fourth-order valence-corrected chi connectivity index (χ4v) is 3.12. The molecule has 0 saturated heterocycles. The van der Waals surface area contributed by atoms with Gasteiger partial charge in [-0.15, -0.1) is 0 Å². The third-order valence-corrected chi connectivity index (χ3v) is 4.70. The number of hydrogen-bond donors (Lipinski definition) is 1. The molecule has 1 aromatic carbocycles. The minimum atomic E-state index is -0.629. The predicted molar refractivity (Wildman–Crippen MR) is 72.2 cm³/mol. The van der Waals surface area contributed by atoms with E-state index in [9.17, 15) is 5.11 Å². The summed E-state index contributed by atoms with van der Waals surface area (Å²) < 4.78 is 0. The van der Waals surface area contributed by atoms with Gasteiger partial charge in [-0.3, -0.25) is 0 Å². The Morgan fingerprint density at radius 3 is 2.25 bits per heavy atom. The predicted octanol–water partition coefficient (Wildman–Crippen LogP) is 1.47. The standard InChI is InChI=1S/C14H22OSi/c1-14(15,11-5-3-2-4-6-11)12-7-9-13(16)10-8-12/h7-11,15H,2-6H2,1,16H3. The number of aliphatic hydroxyl groups is 1. The Labute approximate surface area is 101 Å². The van der Waals surface area contributed by atoms with E-state index in [1.54, 1.807) is 0 Å². The highest BCUT2D eigenvalue weighted by Crippen LogP contribution is 2.38. The van der Waals surface area contributed by atoms with Crippen molar-refractivity contribution >= 4 is 15.4 Å². The minimum absolute atomic E-state index is 0.446. The van der Waals surface area contributed by atoms with Crippen molar-refractivity contribution in [2.45, 2.75) is 44.6 Å². The summed E-state index contributed by atoms with van der Waals surface area (Å²) in [6.07, 6.45) is 6.25. The summed E-state index contributed by atoms with van der Waals surface area (Å²) in [5.41, 5.74) is 0.467. The van der Waals surface area contributed by atoms with Gasteiger partial charge in [-0.1, -0.05) is 48.7 Å². The second-order valence-corrected chi connectivity index (χ2v) is 6.50. The van der Waals surface area contributed by atoms with E-state index >= 15 is 0 Å². The molecule has 0 aromatic heterocycles. The van der Waals surface area contributed by atoms with Gasteiger partial charge in [-0.2, -0.15) is 0 Å². The summed E-state index contributed by atoms with van der Waals surface area (Å²) in [5, 5.41) is 12.1. The Morgan fingerprint density at radius 1 is 1.12 bits per heavy atom. The first-order chi connectivity index (χ1) is 7.60. The summed E-state index contributed by atoms with van der Waals surface area (Å²) in [7, 11) is 1.09. The molecule has 0 amide bonds. The van der Waals surface area contributed by atoms with Gasteiger partial charge in [0.1, 0.15) is 0 Å². The third kappa shape index (κ3) is 2.38. The Kier molecular flexibility index (Phi) is 3.50. The van der Waals surface area contributed by atoms with Crippen molar-refractivity contribution in [1.29, 1.82) is 0 Å². The maximum atomic E-state index is 10.7. The van der Waals surface area contributed by atoms with Crippen molar-refractivity contribution in [3.8, 4) is 0 Å². The average Bonchev–Trinajstić information content (AvgIpc) is 2.31. The SMILES string of the molecule is CC(O)(c1ccc([SiH3])cc1)C1CCCCC1. The van der Waals surface area contributed by atoms with Crippen molar-refractivity contribution in [2.24, 2.45) is 5.92 Å². The Morgan fingerprint density at radius 2 is 1.69 bits per heavy atom. The van der Waals surface area contributed by atoms with Gasteiger partial charge in [-0.25, -0.2) is 0 Å². The van der Waals surface area contributed by atoms with Crippen LogP contribution in [0.5, 0.6) is 0 Å². The Hall–Kier alpha value is -0.603. The smallest absolute Gasteiger partial charge is 0.0896 e. The first-order valence-corrected chi connectivity index (χ1v) is 7.40. The molecule has 1 fully saturated rings. The maximum absolute atomic E-state index is 10.7. The molecule has 0 spiro atoms. The second kappa shape index (κ2) is 4.72. The van der Waals surface area contributed by atoms with Crippen molar-refractivity contribution in [3.05, 3.63) is 29.8 Å². The summed E-state index contributed by atoms with van der Waals surface area (Å²) >= 11 is 0. The van der Waals surface area contributed by atoms with Gasteiger partial charge in [0.05, 0.1) is 5.60 Å². The fourth-order valence-electron chi connectivity index (χ4n) is 2.79. The molecule has 1 aliphatic rings. The highest BCUT2D eigenvalue weighted by atomic mass is 28.1.